The Morgan fingerprint density at radius 3 is 1.29 bits per heavy atom. The largest absolute Gasteiger partial charge is 0.507 e. The lowest BCUT2D eigenvalue weighted by Crippen LogP contribution is -2.44. The quantitative estimate of drug-likeness (QED) is 0.353. The topological polar surface area (TPSA) is 35.5 Å². The highest BCUT2D eigenvalue weighted by atomic mass is 28.4. The van der Waals surface area contributed by atoms with Gasteiger partial charge in [0.05, 0.1) is 44.8 Å². The molecule has 0 bridgehead atoms. The van der Waals surface area contributed by atoms with Crippen molar-refractivity contribution in [3.8, 4) is 0 Å². The van der Waals surface area contributed by atoms with E-state index in [1.54, 1.807) is 0 Å². The van der Waals surface area contributed by atoms with Crippen LogP contribution in [0.15, 0.2) is 24.6 Å². The molecule has 0 aliphatic rings. The third-order valence-electron chi connectivity index (χ3n) is 4.14. The van der Waals surface area contributed by atoms with Gasteiger partial charge in [0.15, 0.2) is 0 Å². The minimum atomic E-state index is -1.57. The van der Waals surface area contributed by atoms with Gasteiger partial charge in [-0.15, -0.1) is 24.6 Å². The van der Waals surface area contributed by atoms with Gasteiger partial charge >= 0.3 is 6.16 Å². The number of hydrogen-bond donors (Lipinski definition) is 0. The fraction of sp³-hybridized carbons (Fsp3) is 0.706. The van der Waals surface area contributed by atoms with E-state index in [-0.39, 0.29) is 0 Å². The molecule has 0 aromatic carbocycles. The maximum absolute atomic E-state index is 12.0. The maximum Gasteiger partial charge on any atom is 0.507 e. The van der Waals surface area contributed by atoms with Crippen LogP contribution in [0.1, 0.15) is 0 Å². The van der Waals surface area contributed by atoms with Crippen molar-refractivity contribution < 1.29 is 14.3 Å². The summed E-state index contributed by atoms with van der Waals surface area (Å²) in [6, 6.07) is 0. The first-order valence-electron chi connectivity index (χ1n) is 8.70. The molecule has 24 heavy (non-hydrogen) atoms. The van der Waals surface area contributed by atoms with Crippen molar-refractivity contribution in [3.05, 3.63) is 24.6 Å². The van der Waals surface area contributed by atoms with Crippen LogP contribution in [0.2, 0.25) is 63.7 Å². The summed E-state index contributed by atoms with van der Waals surface area (Å²) in [5.41, 5.74) is 6.60. The predicted octanol–water partition coefficient (Wildman–Crippen LogP) is 5.58. The second kappa shape index (κ2) is 8.82. The normalized spacial score (nSPS) is 13.3. The molecule has 0 rings (SSSR count). The molecule has 0 unspecified atom stereocenters. The third kappa shape index (κ3) is 10.5. The van der Waals surface area contributed by atoms with Crippen LogP contribution < -0.4 is 0 Å². The summed E-state index contributed by atoms with van der Waals surface area (Å²) in [7, 11) is -5.88. The predicted molar refractivity (Wildman–Crippen MR) is 117 cm³/mol. The standard InChI is InChI=1S/C17H38O3Si4/c1-11-21(3,4)15-23(7,8)13-19-17(18)20-14-24(9,10)16-22(5,6)12-2/h11-12H,1-2,13-16H2,3-10H3. The lowest BCUT2D eigenvalue weighted by Gasteiger charge is -2.30. The number of hydrogen-bond acceptors (Lipinski definition) is 3. The van der Waals surface area contributed by atoms with Crippen LogP contribution in [0.5, 0.6) is 0 Å². The summed E-state index contributed by atoms with van der Waals surface area (Å²) in [6.45, 7) is 26.3. The molecule has 0 saturated carbocycles. The molecule has 0 heterocycles. The highest BCUT2D eigenvalue weighted by molar-refractivity contribution is 6.98. The summed E-state index contributed by atoms with van der Waals surface area (Å²) in [5.74, 6) is 0. The minimum Gasteiger partial charge on any atom is -0.438 e. The van der Waals surface area contributed by atoms with Crippen molar-refractivity contribution in [2.24, 2.45) is 0 Å². The summed E-state index contributed by atoms with van der Waals surface area (Å²) >= 11 is 0. The maximum atomic E-state index is 12.0. The molecular formula is C17H38O3Si4. The zero-order valence-electron chi connectivity index (χ0n) is 17.1. The number of ether oxygens (including phenoxy) is 2. The molecule has 7 heteroatoms. The molecular weight excluding hydrogens is 365 g/mol. The van der Waals surface area contributed by atoms with E-state index in [9.17, 15) is 4.79 Å². The number of carbonyl (C=O) groups excluding carboxylic acids is 1. The monoisotopic (exact) mass is 402 g/mol. The van der Waals surface area contributed by atoms with Gasteiger partial charge in [-0.25, -0.2) is 4.79 Å². The van der Waals surface area contributed by atoms with Crippen molar-refractivity contribution in [1.29, 1.82) is 0 Å². The van der Waals surface area contributed by atoms with Crippen molar-refractivity contribution >= 4 is 38.5 Å². The van der Waals surface area contributed by atoms with Gasteiger partial charge in [0.2, 0.25) is 0 Å². The van der Waals surface area contributed by atoms with Gasteiger partial charge in [-0.05, 0) is 0 Å². The Kier molecular flexibility index (Phi) is 8.68. The number of rotatable bonds is 10. The average Bonchev–Trinajstić information content (AvgIpc) is 2.41. The molecule has 0 spiro atoms. The zero-order valence-corrected chi connectivity index (χ0v) is 21.1. The molecule has 0 N–H and O–H groups in total. The lowest BCUT2D eigenvalue weighted by atomic mass is 11.3. The van der Waals surface area contributed by atoms with Gasteiger partial charge in [-0.2, -0.15) is 0 Å². The van der Waals surface area contributed by atoms with E-state index < -0.39 is 38.5 Å². The summed E-state index contributed by atoms with van der Waals surface area (Å²) in [6.07, 6.45) is 0.572. The summed E-state index contributed by atoms with van der Waals surface area (Å²) in [5, 5.41) is 0. The van der Waals surface area contributed by atoms with Gasteiger partial charge in [0, 0.05) is 0 Å². The van der Waals surface area contributed by atoms with Crippen LogP contribution >= 0.6 is 0 Å². The van der Waals surface area contributed by atoms with Crippen molar-refractivity contribution in [3.63, 3.8) is 0 Å². The molecule has 0 fully saturated rings. The summed E-state index contributed by atoms with van der Waals surface area (Å²) in [4.78, 5) is 12.0. The fourth-order valence-electron chi connectivity index (χ4n) is 3.26. The van der Waals surface area contributed by atoms with E-state index >= 15 is 0 Å². The van der Waals surface area contributed by atoms with Crippen molar-refractivity contribution in [2.45, 2.75) is 63.7 Å². The zero-order chi connectivity index (χ0) is 19.2. The van der Waals surface area contributed by atoms with E-state index in [1.165, 1.54) is 11.3 Å². The third-order valence-corrected chi connectivity index (χ3v) is 23.1. The summed E-state index contributed by atoms with van der Waals surface area (Å²) < 4.78 is 10.9. The van der Waals surface area contributed by atoms with Gasteiger partial charge in [-0.1, -0.05) is 63.7 Å². The second-order valence-corrected chi connectivity index (χ2v) is 30.7. The second-order valence-electron chi connectivity index (χ2n) is 9.89. The first kappa shape index (κ1) is 23.6. The lowest BCUT2D eigenvalue weighted by molar-refractivity contribution is 0.0778. The van der Waals surface area contributed by atoms with Gasteiger partial charge in [-0.3, -0.25) is 0 Å². The van der Waals surface area contributed by atoms with Crippen LogP contribution in [0, 0.1) is 0 Å². The molecule has 0 aromatic heterocycles. The fourth-order valence-corrected chi connectivity index (χ4v) is 26.0. The van der Waals surface area contributed by atoms with Crippen LogP contribution in [-0.2, 0) is 9.47 Å². The highest BCUT2D eigenvalue weighted by Gasteiger charge is 2.33. The molecule has 3 nitrogen and oxygen atoms in total. The Morgan fingerprint density at radius 1 is 0.750 bits per heavy atom. The Bertz CT molecular complexity index is 417. The van der Waals surface area contributed by atoms with E-state index in [1.807, 2.05) is 0 Å². The Morgan fingerprint density at radius 2 is 1.04 bits per heavy atom. The van der Waals surface area contributed by atoms with E-state index in [0.717, 1.165) is 0 Å². The highest BCUT2D eigenvalue weighted by Crippen LogP contribution is 2.22. The van der Waals surface area contributed by atoms with Crippen LogP contribution in [-0.4, -0.2) is 50.9 Å². The molecule has 0 aliphatic carbocycles. The minimum absolute atomic E-state index is 0.493. The van der Waals surface area contributed by atoms with Crippen molar-refractivity contribution in [1.82, 2.24) is 0 Å². The molecule has 0 atom stereocenters. The van der Waals surface area contributed by atoms with Crippen LogP contribution in [0.25, 0.3) is 0 Å². The average molecular weight is 403 g/mol. The first-order chi connectivity index (χ1) is 10.6. The van der Waals surface area contributed by atoms with E-state index in [4.69, 9.17) is 9.47 Å². The van der Waals surface area contributed by atoms with Gasteiger partial charge in [0.25, 0.3) is 0 Å². The Balaban J connectivity index is 4.41. The molecule has 0 aliphatic heterocycles. The van der Waals surface area contributed by atoms with Crippen molar-refractivity contribution in [2.75, 3.05) is 12.5 Å². The van der Waals surface area contributed by atoms with Crippen LogP contribution in [0.3, 0.4) is 0 Å². The Labute approximate surface area is 153 Å². The molecule has 0 radical (unpaired) electrons. The Hall–Kier alpha value is -0.382. The van der Waals surface area contributed by atoms with E-state index in [0.29, 0.717) is 12.5 Å². The van der Waals surface area contributed by atoms with Crippen LogP contribution in [0.4, 0.5) is 4.79 Å². The number of carbonyl (C=O) groups is 1. The molecule has 0 aromatic rings. The first-order valence-corrected chi connectivity index (χ1v) is 22.1. The van der Waals surface area contributed by atoms with Gasteiger partial charge in [0.1, 0.15) is 0 Å². The SMILES string of the molecule is C=C[Si](C)(C)C[Si](C)(C)COC(=O)OC[Si](C)(C)C[Si](C)(C)C=C. The molecule has 0 saturated heterocycles. The molecule has 140 valence electrons. The van der Waals surface area contributed by atoms with E-state index in [2.05, 4.69) is 76.9 Å². The van der Waals surface area contributed by atoms with Gasteiger partial charge < -0.3 is 9.47 Å². The molecule has 0 amide bonds. The smallest absolute Gasteiger partial charge is 0.438 e.